The molecule has 0 nitrogen and oxygen atoms in total. The van der Waals surface area contributed by atoms with Crippen molar-refractivity contribution in [1.82, 2.24) is 0 Å². The highest BCUT2D eigenvalue weighted by molar-refractivity contribution is 5.02. The van der Waals surface area contributed by atoms with Gasteiger partial charge in [-0.15, -0.1) is 0 Å². The minimum atomic E-state index is 0.663. The van der Waals surface area contributed by atoms with Gasteiger partial charge in [0.2, 0.25) is 0 Å². The predicted octanol–water partition coefficient (Wildman–Crippen LogP) is 3.96. The lowest BCUT2D eigenvalue weighted by Gasteiger charge is -2.41. The molecule has 13 heavy (non-hydrogen) atoms. The second-order valence-electron chi connectivity index (χ2n) is 6.14. The molecule has 2 aliphatic rings. The van der Waals surface area contributed by atoms with Crippen molar-refractivity contribution in [2.75, 3.05) is 0 Å². The van der Waals surface area contributed by atoms with Crippen molar-refractivity contribution >= 4 is 0 Å². The van der Waals surface area contributed by atoms with Gasteiger partial charge in [-0.2, -0.15) is 0 Å². The molecule has 2 rings (SSSR count). The Balaban J connectivity index is 2.31. The first-order valence-electron chi connectivity index (χ1n) is 5.97. The molecule has 0 N–H and O–H groups in total. The molecule has 6 unspecified atom stereocenters. The Morgan fingerprint density at radius 1 is 1.08 bits per heavy atom. The topological polar surface area (TPSA) is 0 Å². The van der Waals surface area contributed by atoms with Crippen LogP contribution in [0.4, 0.5) is 0 Å². The summed E-state index contributed by atoms with van der Waals surface area (Å²) in [6.45, 7) is 12.4. The summed E-state index contributed by atoms with van der Waals surface area (Å²) in [5, 5.41) is 0. The van der Waals surface area contributed by atoms with Gasteiger partial charge in [-0.3, -0.25) is 0 Å². The van der Waals surface area contributed by atoms with Crippen LogP contribution in [0.2, 0.25) is 0 Å². The van der Waals surface area contributed by atoms with E-state index in [1.54, 1.807) is 0 Å². The van der Waals surface area contributed by atoms with E-state index >= 15 is 0 Å². The van der Waals surface area contributed by atoms with E-state index in [0.717, 1.165) is 29.6 Å². The Morgan fingerprint density at radius 2 is 1.69 bits per heavy atom. The van der Waals surface area contributed by atoms with E-state index in [2.05, 4.69) is 34.6 Å². The van der Waals surface area contributed by atoms with Gasteiger partial charge in [0.1, 0.15) is 0 Å². The average molecular weight is 180 g/mol. The molecule has 2 aliphatic carbocycles. The standard InChI is InChI=1S/C13H24/c1-8-6-9(2)13(5)7-12(8)10(3)11(13)4/h8-12H,6-7H2,1-5H3. The van der Waals surface area contributed by atoms with Crippen LogP contribution in [0.1, 0.15) is 47.5 Å². The van der Waals surface area contributed by atoms with Gasteiger partial charge in [0.25, 0.3) is 0 Å². The SMILES string of the molecule is CC1CC(C)C2(C)CC1C(C)C2C. The maximum Gasteiger partial charge on any atom is -0.0269 e. The van der Waals surface area contributed by atoms with Crippen LogP contribution < -0.4 is 0 Å². The predicted molar refractivity (Wildman–Crippen MR) is 57.5 cm³/mol. The zero-order chi connectivity index (χ0) is 9.80. The van der Waals surface area contributed by atoms with E-state index in [1.165, 1.54) is 12.8 Å². The van der Waals surface area contributed by atoms with Crippen molar-refractivity contribution in [3.8, 4) is 0 Å². The molecule has 0 saturated heterocycles. The number of hydrogen-bond donors (Lipinski definition) is 0. The van der Waals surface area contributed by atoms with Crippen molar-refractivity contribution in [1.29, 1.82) is 0 Å². The zero-order valence-corrected chi connectivity index (χ0v) is 9.80. The molecule has 76 valence electrons. The zero-order valence-electron chi connectivity index (χ0n) is 9.80. The lowest BCUT2D eigenvalue weighted by molar-refractivity contribution is 0.0842. The smallest absolute Gasteiger partial charge is 0.0269 e. The summed E-state index contributed by atoms with van der Waals surface area (Å²) in [5.74, 6) is 4.85. The Morgan fingerprint density at radius 3 is 2.31 bits per heavy atom. The first-order chi connectivity index (χ1) is 5.97. The molecule has 0 amide bonds. The number of hydrogen-bond acceptors (Lipinski definition) is 0. The molecular weight excluding hydrogens is 156 g/mol. The van der Waals surface area contributed by atoms with Crippen molar-refractivity contribution in [3.63, 3.8) is 0 Å². The number of fused-ring (bicyclic) bond motifs is 2. The first kappa shape index (κ1) is 9.55. The third-order valence-electron chi connectivity index (χ3n) is 5.76. The largest absolute Gasteiger partial charge is 0.0622 e. The molecule has 0 aromatic carbocycles. The fraction of sp³-hybridized carbons (Fsp3) is 1.00. The van der Waals surface area contributed by atoms with E-state index in [1.807, 2.05) is 0 Å². The Hall–Kier alpha value is 0. The minimum Gasteiger partial charge on any atom is -0.0622 e. The molecule has 0 radical (unpaired) electrons. The highest BCUT2D eigenvalue weighted by Gasteiger charge is 2.53. The summed E-state index contributed by atoms with van der Waals surface area (Å²) >= 11 is 0. The maximum absolute atomic E-state index is 2.53. The summed E-state index contributed by atoms with van der Waals surface area (Å²) in [4.78, 5) is 0. The van der Waals surface area contributed by atoms with Gasteiger partial charge in [0.05, 0.1) is 0 Å². The lowest BCUT2D eigenvalue weighted by Crippen LogP contribution is -2.33. The molecule has 0 spiro atoms. The van der Waals surface area contributed by atoms with Crippen LogP contribution in [0, 0.1) is 35.0 Å². The van der Waals surface area contributed by atoms with Crippen molar-refractivity contribution < 1.29 is 0 Å². The molecule has 0 heterocycles. The van der Waals surface area contributed by atoms with Crippen molar-refractivity contribution in [2.24, 2.45) is 35.0 Å². The molecule has 0 aromatic rings. The monoisotopic (exact) mass is 180 g/mol. The van der Waals surface area contributed by atoms with Gasteiger partial charge in [-0.25, -0.2) is 0 Å². The van der Waals surface area contributed by atoms with Crippen LogP contribution in [0.5, 0.6) is 0 Å². The van der Waals surface area contributed by atoms with E-state index in [9.17, 15) is 0 Å². The minimum absolute atomic E-state index is 0.663. The first-order valence-corrected chi connectivity index (χ1v) is 5.97. The van der Waals surface area contributed by atoms with Gasteiger partial charge in [0.15, 0.2) is 0 Å². The van der Waals surface area contributed by atoms with E-state index < -0.39 is 0 Å². The summed E-state index contributed by atoms with van der Waals surface area (Å²) in [6.07, 6.45) is 2.97. The van der Waals surface area contributed by atoms with Crippen molar-refractivity contribution in [2.45, 2.75) is 47.5 Å². The van der Waals surface area contributed by atoms with Crippen LogP contribution in [-0.4, -0.2) is 0 Å². The van der Waals surface area contributed by atoms with Crippen LogP contribution in [0.15, 0.2) is 0 Å². The van der Waals surface area contributed by atoms with Gasteiger partial charge in [-0.1, -0.05) is 34.6 Å². The molecular formula is C13H24. The molecule has 2 bridgehead atoms. The second-order valence-corrected chi connectivity index (χ2v) is 6.14. The number of rotatable bonds is 0. The summed E-state index contributed by atoms with van der Waals surface area (Å²) in [5.41, 5.74) is 0.663. The van der Waals surface area contributed by atoms with Crippen LogP contribution in [0.3, 0.4) is 0 Å². The molecule has 0 aliphatic heterocycles. The maximum atomic E-state index is 2.53. The molecule has 2 fully saturated rings. The van der Waals surface area contributed by atoms with E-state index in [0.29, 0.717) is 5.41 Å². The summed E-state index contributed by atoms with van der Waals surface area (Å²) < 4.78 is 0. The Labute approximate surface area is 83.1 Å². The Bertz CT molecular complexity index is 206. The fourth-order valence-electron chi connectivity index (χ4n) is 4.22. The summed E-state index contributed by atoms with van der Waals surface area (Å²) in [6, 6.07) is 0. The van der Waals surface area contributed by atoms with Crippen molar-refractivity contribution in [3.05, 3.63) is 0 Å². The fourth-order valence-corrected chi connectivity index (χ4v) is 4.22. The van der Waals surface area contributed by atoms with E-state index in [4.69, 9.17) is 0 Å². The van der Waals surface area contributed by atoms with Gasteiger partial charge >= 0.3 is 0 Å². The average Bonchev–Trinajstić information content (AvgIpc) is 2.27. The third-order valence-corrected chi connectivity index (χ3v) is 5.76. The second kappa shape index (κ2) is 2.74. The summed E-state index contributed by atoms with van der Waals surface area (Å²) in [7, 11) is 0. The highest BCUT2D eigenvalue weighted by Crippen LogP contribution is 2.61. The molecule has 0 heteroatoms. The lowest BCUT2D eigenvalue weighted by atomic mass is 9.64. The van der Waals surface area contributed by atoms with Gasteiger partial charge < -0.3 is 0 Å². The van der Waals surface area contributed by atoms with Gasteiger partial charge in [-0.05, 0) is 47.8 Å². The van der Waals surface area contributed by atoms with Crippen LogP contribution in [0.25, 0.3) is 0 Å². The quantitative estimate of drug-likeness (QED) is 0.529. The third kappa shape index (κ3) is 1.10. The normalized spacial score (nSPS) is 61.2. The van der Waals surface area contributed by atoms with Crippen LogP contribution >= 0.6 is 0 Å². The molecule has 2 saturated carbocycles. The van der Waals surface area contributed by atoms with Crippen LogP contribution in [-0.2, 0) is 0 Å². The highest BCUT2D eigenvalue weighted by atomic mass is 14.6. The molecule has 0 aromatic heterocycles. The Kier molecular flexibility index (Phi) is 2.02. The molecule has 6 atom stereocenters. The van der Waals surface area contributed by atoms with Gasteiger partial charge in [0, 0.05) is 0 Å². The van der Waals surface area contributed by atoms with E-state index in [-0.39, 0.29) is 0 Å².